The minimum atomic E-state index is -4.38. The molecule has 2 aromatic heterocycles. The molecule has 3 rings (SSSR count). The Hall–Kier alpha value is -3.24. The van der Waals surface area contributed by atoms with Crippen molar-refractivity contribution in [3.63, 3.8) is 0 Å². The van der Waals surface area contributed by atoms with Crippen LogP contribution in [-0.2, 0) is 24.3 Å². The second kappa shape index (κ2) is 8.64. The summed E-state index contributed by atoms with van der Waals surface area (Å²) < 4.78 is 57.5. The summed E-state index contributed by atoms with van der Waals surface area (Å²) in [5.74, 6) is -0.174. The van der Waals surface area contributed by atoms with E-state index in [1.807, 2.05) is 0 Å². The van der Waals surface area contributed by atoms with E-state index in [0.717, 1.165) is 4.57 Å². The Morgan fingerprint density at radius 3 is 2.77 bits per heavy atom. The van der Waals surface area contributed by atoms with Gasteiger partial charge in [-0.2, -0.15) is 18.2 Å². The Bertz CT molecular complexity index is 1030. The number of alkyl halides is 3. The standard InChI is InChI=1S/C19H19F4N5O2/c1-12-3-4-13(9-14(12)20)18-25-16(30-26-18)5-6-17(29)27(2)10-15-24-7-8-28(15)11-19(21,22)23/h3-4,7-9H,5-6,10-11H2,1-2H3. The summed E-state index contributed by atoms with van der Waals surface area (Å²) in [6, 6.07) is 4.56. The molecular weight excluding hydrogens is 406 g/mol. The van der Waals surface area contributed by atoms with Gasteiger partial charge in [-0.25, -0.2) is 9.37 Å². The number of aromatic nitrogens is 4. The third kappa shape index (κ3) is 5.43. The number of carbonyl (C=O) groups is 1. The van der Waals surface area contributed by atoms with Crippen molar-refractivity contribution in [2.75, 3.05) is 7.05 Å². The van der Waals surface area contributed by atoms with E-state index in [1.165, 1.54) is 30.4 Å². The predicted octanol–water partition coefficient (Wildman–Crippen LogP) is 3.53. The van der Waals surface area contributed by atoms with Gasteiger partial charge in [-0.3, -0.25) is 4.79 Å². The zero-order valence-corrected chi connectivity index (χ0v) is 16.3. The molecule has 0 bridgehead atoms. The van der Waals surface area contributed by atoms with Gasteiger partial charge in [0.25, 0.3) is 0 Å². The number of hydrogen-bond donors (Lipinski definition) is 0. The maximum absolute atomic E-state index is 13.7. The van der Waals surface area contributed by atoms with Crippen molar-refractivity contribution >= 4 is 5.91 Å². The van der Waals surface area contributed by atoms with Gasteiger partial charge in [-0.05, 0) is 18.6 Å². The van der Waals surface area contributed by atoms with Crippen LogP contribution in [0.3, 0.4) is 0 Å². The second-order valence-corrected chi connectivity index (χ2v) is 6.81. The third-order valence-corrected chi connectivity index (χ3v) is 4.41. The topological polar surface area (TPSA) is 77.0 Å². The fourth-order valence-corrected chi connectivity index (χ4v) is 2.74. The van der Waals surface area contributed by atoms with Gasteiger partial charge < -0.3 is 14.0 Å². The van der Waals surface area contributed by atoms with Crippen LogP contribution in [0.25, 0.3) is 11.4 Å². The molecule has 0 aliphatic carbocycles. The van der Waals surface area contributed by atoms with Crippen molar-refractivity contribution in [2.24, 2.45) is 0 Å². The summed E-state index contributed by atoms with van der Waals surface area (Å²) in [4.78, 5) is 21.6. The Balaban J connectivity index is 1.56. The van der Waals surface area contributed by atoms with Gasteiger partial charge in [-0.1, -0.05) is 17.3 Å². The number of rotatable bonds is 7. The van der Waals surface area contributed by atoms with Gasteiger partial charge in [0.1, 0.15) is 18.2 Å². The summed E-state index contributed by atoms with van der Waals surface area (Å²) in [5, 5.41) is 3.79. The molecule has 0 saturated carbocycles. The Kier molecular flexibility index (Phi) is 6.18. The lowest BCUT2D eigenvalue weighted by molar-refractivity contribution is -0.141. The van der Waals surface area contributed by atoms with E-state index >= 15 is 0 Å². The first-order valence-corrected chi connectivity index (χ1v) is 9.02. The van der Waals surface area contributed by atoms with Gasteiger partial charge >= 0.3 is 6.18 Å². The third-order valence-electron chi connectivity index (χ3n) is 4.41. The summed E-state index contributed by atoms with van der Waals surface area (Å²) in [7, 11) is 1.48. The molecule has 7 nitrogen and oxygen atoms in total. The number of amides is 1. The molecule has 0 unspecified atom stereocenters. The minimum Gasteiger partial charge on any atom is -0.339 e. The summed E-state index contributed by atoms with van der Waals surface area (Å²) in [5.41, 5.74) is 0.944. The van der Waals surface area contributed by atoms with Crippen LogP contribution < -0.4 is 0 Å². The molecule has 0 saturated heterocycles. The van der Waals surface area contributed by atoms with E-state index in [0.29, 0.717) is 11.1 Å². The molecule has 0 fully saturated rings. The minimum absolute atomic E-state index is 0.0143. The first kappa shape index (κ1) is 21.5. The molecule has 0 N–H and O–H groups in total. The predicted molar refractivity (Wildman–Crippen MR) is 97.5 cm³/mol. The summed E-state index contributed by atoms with van der Waals surface area (Å²) >= 11 is 0. The Labute approximate surface area is 169 Å². The highest BCUT2D eigenvalue weighted by atomic mass is 19.4. The number of halogens is 4. The van der Waals surface area contributed by atoms with Crippen molar-refractivity contribution in [3.8, 4) is 11.4 Å². The van der Waals surface area contributed by atoms with Gasteiger partial charge in [0.2, 0.25) is 17.6 Å². The average molecular weight is 425 g/mol. The molecule has 0 aliphatic rings. The highest BCUT2D eigenvalue weighted by Crippen LogP contribution is 2.20. The normalized spacial score (nSPS) is 11.7. The highest BCUT2D eigenvalue weighted by molar-refractivity contribution is 5.75. The molecule has 30 heavy (non-hydrogen) atoms. The molecule has 0 aliphatic heterocycles. The quantitative estimate of drug-likeness (QED) is 0.542. The second-order valence-electron chi connectivity index (χ2n) is 6.81. The molecule has 3 aromatic rings. The largest absolute Gasteiger partial charge is 0.406 e. The molecule has 1 amide bonds. The van der Waals surface area contributed by atoms with Crippen LogP contribution in [0.2, 0.25) is 0 Å². The number of imidazole rings is 1. The van der Waals surface area contributed by atoms with Crippen LogP contribution in [0, 0.1) is 12.7 Å². The lowest BCUT2D eigenvalue weighted by Crippen LogP contribution is -2.29. The maximum atomic E-state index is 13.7. The summed E-state index contributed by atoms with van der Waals surface area (Å²) in [6.45, 7) is 0.396. The number of nitrogens with zero attached hydrogens (tertiary/aromatic N) is 5. The van der Waals surface area contributed by atoms with Crippen molar-refractivity contribution in [1.82, 2.24) is 24.6 Å². The number of benzene rings is 1. The van der Waals surface area contributed by atoms with E-state index in [-0.39, 0.29) is 48.7 Å². The number of hydrogen-bond acceptors (Lipinski definition) is 5. The van der Waals surface area contributed by atoms with Crippen LogP contribution in [0.4, 0.5) is 17.6 Å². The Morgan fingerprint density at radius 1 is 1.30 bits per heavy atom. The van der Waals surface area contributed by atoms with Gasteiger partial charge in [0.05, 0.1) is 6.54 Å². The molecule has 160 valence electrons. The first-order valence-electron chi connectivity index (χ1n) is 9.02. The van der Waals surface area contributed by atoms with E-state index < -0.39 is 12.7 Å². The molecular formula is C19H19F4N5O2. The van der Waals surface area contributed by atoms with Crippen molar-refractivity contribution in [1.29, 1.82) is 0 Å². The molecule has 11 heteroatoms. The lowest BCUT2D eigenvalue weighted by Gasteiger charge is -2.18. The van der Waals surface area contributed by atoms with Crippen molar-refractivity contribution in [2.45, 2.75) is 39.0 Å². The van der Waals surface area contributed by atoms with Gasteiger partial charge in [0, 0.05) is 37.8 Å². The Morgan fingerprint density at radius 2 is 2.07 bits per heavy atom. The monoisotopic (exact) mass is 425 g/mol. The van der Waals surface area contributed by atoms with Crippen LogP contribution in [0.15, 0.2) is 35.1 Å². The van der Waals surface area contributed by atoms with Crippen molar-refractivity contribution in [3.05, 3.63) is 53.7 Å². The average Bonchev–Trinajstić information content (AvgIpc) is 3.30. The fraction of sp³-hybridized carbons (Fsp3) is 0.368. The summed E-state index contributed by atoms with van der Waals surface area (Å²) in [6.07, 6.45) is -1.75. The van der Waals surface area contributed by atoms with Crippen LogP contribution in [0.5, 0.6) is 0 Å². The number of carbonyl (C=O) groups excluding carboxylic acids is 1. The van der Waals surface area contributed by atoms with E-state index in [9.17, 15) is 22.4 Å². The lowest BCUT2D eigenvalue weighted by atomic mass is 10.1. The van der Waals surface area contributed by atoms with Gasteiger partial charge in [-0.15, -0.1) is 0 Å². The van der Waals surface area contributed by atoms with Gasteiger partial charge in [0.15, 0.2) is 0 Å². The zero-order valence-electron chi connectivity index (χ0n) is 16.3. The fourth-order valence-electron chi connectivity index (χ4n) is 2.74. The van der Waals surface area contributed by atoms with E-state index in [4.69, 9.17) is 4.52 Å². The molecule has 2 heterocycles. The SMILES string of the molecule is Cc1ccc(-c2noc(CCC(=O)N(C)Cc3nccn3CC(F)(F)F)n2)cc1F. The van der Waals surface area contributed by atoms with Crippen LogP contribution >= 0.6 is 0 Å². The van der Waals surface area contributed by atoms with Crippen LogP contribution in [-0.4, -0.2) is 43.7 Å². The zero-order chi connectivity index (χ0) is 21.9. The highest BCUT2D eigenvalue weighted by Gasteiger charge is 2.29. The van der Waals surface area contributed by atoms with E-state index in [1.54, 1.807) is 19.1 Å². The van der Waals surface area contributed by atoms with Crippen molar-refractivity contribution < 1.29 is 26.9 Å². The number of aryl methyl sites for hydroxylation is 2. The molecule has 1 aromatic carbocycles. The molecule has 0 atom stereocenters. The molecule has 0 spiro atoms. The smallest absolute Gasteiger partial charge is 0.339 e. The van der Waals surface area contributed by atoms with E-state index in [2.05, 4.69) is 15.1 Å². The first-order chi connectivity index (χ1) is 14.1. The van der Waals surface area contributed by atoms with Crippen LogP contribution in [0.1, 0.15) is 23.7 Å². The molecule has 0 radical (unpaired) electrons. The maximum Gasteiger partial charge on any atom is 0.406 e.